The van der Waals surface area contributed by atoms with Crippen LogP contribution in [0.4, 0.5) is 5.69 Å². The lowest BCUT2D eigenvalue weighted by molar-refractivity contribution is -0.115. The number of carbonyl (C=O) groups excluding carboxylic acids is 2. The van der Waals surface area contributed by atoms with Gasteiger partial charge in [0.15, 0.2) is 0 Å². The van der Waals surface area contributed by atoms with Crippen molar-refractivity contribution in [3.63, 3.8) is 0 Å². The van der Waals surface area contributed by atoms with Gasteiger partial charge in [0, 0.05) is 18.1 Å². The van der Waals surface area contributed by atoms with Gasteiger partial charge in [0.05, 0.1) is 24.3 Å². The summed E-state index contributed by atoms with van der Waals surface area (Å²) in [5, 5.41) is 2.80. The molecule has 2 aromatic heterocycles. The largest absolute Gasteiger partial charge is 0.462 e. The minimum atomic E-state index is -0.390. The van der Waals surface area contributed by atoms with Crippen molar-refractivity contribution in [1.82, 2.24) is 9.38 Å². The molecule has 3 aromatic rings. The first kappa shape index (κ1) is 17.7. The number of aromatic nitrogens is 2. The Bertz CT molecular complexity index is 946. The fourth-order valence-electron chi connectivity index (χ4n) is 2.59. The van der Waals surface area contributed by atoms with Gasteiger partial charge in [-0.3, -0.25) is 4.79 Å². The molecule has 0 unspecified atom stereocenters. The van der Waals surface area contributed by atoms with Gasteiger partial charge in [0.25, 0.3) is 0 Å². The van der Waals surface area contributed by atoms with Gasteiger partial charge in [-0.25, -0.2) is 9.78 Å². The van der Waals surface area contributed by atoms with Crippen LogP contribution in [0.2, 0.25) is 0 Å². The van der Waals surface area contributed by atoms with E-state index in [2.05, 4.69) is 10.3 Å². The van der Waals surface area contributed by atoms with Gasteiger partial charge >= 0.3 is 5.97 Å². The fraction of sp³-hybridized carbons (Fsp3) is 0.250. The second kappa shape index (κ2) is 7.82. The summed E-state index contributed by atoms with van der Waals surface area (Å²) in [5.74, 6) is -0.581. The monoisotopic (exact) mass is 351 g/mol. The van der Waals surface area contributed by atoms with Crippen LogP contribution in [0.1, 0.15) is 35.0 Å². The molecule has 6 nitrogen and oxygen atoms in total. The Morgan fingerprint density at radius 1 is 1.23 bits per heavy atom. The number of amides is 1. The van der Waals surface area contributed by atoms with E-state index in [0.717, 1.165) is 17.6 Å². The molecule has 0 bridgehead atoms. The minimum absolute atomic E-state index is 0.158. The summed E-state index contributed by atoms with van der Waals surface area (Å²) < 4.78 is 7.00. The van der Waals surface area contributed by atoms with Crippen LogP contribution in [0.25, 0.3) is 5.65 Å². The number of carbonyl (C=O) groups is 2. The summed E-state index contributed by atoms with van der Waals surface area (Å²) >= 11 is 0. The van der Waals surface area contributed by atoms with Crippen LogP contribution >= 0.6 is 0 Å². The quantitative estimate of drug-likeness (QED) is 0.691. The molecule has 0 aliphatic carbocycles. The molecule has 0 aliphatic heterocycles. The van der Waals surface area contributed by atoms with Gasteiger partial charge in [-0.15, -0.1) is 0 Å². The SMILES string of the molecule is CCCOC(=O)c1cccc(NC(=O)Cc2cn3ccc(C)cc3n2)c1. The predicted octanol–water partition coefficient (Wildman–Crippen LogP) is 3.39. The molecule has 0 spiro atoms. The number of aryl methyl sites for hydroxylation is 1. The van der Waals surface area contributed by atoms with E-state index in [1.165, 1.54) is 0 Å². The van der Waals surface area contributed by atoms with Crippen molar-refractivity contribution in [3.05, 3.63) is 65.6 Å². The van der Waals surface area contributed by atoms with E-state index < -0.39 is 5.97 Å². The normalized spacial score (nSPS) is 10.7. The highest BCUT2D eigenvalue weighted by Crippen LogP contribution is 2.13. The molecular formula is C20H21N3O3. The predicted molar refractivity (Wildman–Crippen MR) is 99.3 cm³/mol. The fourth-order valence-corrected chi connectivity index (χ4v) is 2.59. The van der Waals surface area contributed by atoms with Crippen molar-refractivity contribution in [1.29, 1.82) is 0 Å². The van der Waals surface area contributed by atoms with E-state index in [1.54, 1.807) is 24.3 Å². The molecule has 6 heteroatoms. The number of nitrogens with zero attached hydrogens (tertiary/aromatic N) is 2. The third-order valence-corrected chi connectivity index (χ3v) is 3.83. The maximum absolute atomic E-state index is 12.3. The Morgan fingerprint density at radius 3 is 2.88 bits per heavy atom. The topological polar surface area (TPSA) is 72.7 Å². The summed E-state index contributed by atoms with van der Waals surface area (Å²) in [6.45, 7) is 4.31. The second-order valence-electron chi connectivity index (χ2n) is 6.14. The van der Waals surface area contributed by atoms with E-state index in [4.69, 9.17) is 4.74 Å². The van der Waals surface area contributed by atoms with Crippen LogP contribution in [-0.2, 0) is 16.0 Å². The Morgan fingerprint density at radius 2 is 2.08 bits per heavy atom. The molecule has 1 amide bonds. The van der Waals surface area contributed by atoms with E-state index in [9.17, 15) is 9.59 Å². The summed E-state index contributed by atoms with van der Waals surface area (Å²) in [4.78, 5) is 28.7. The van der Waals surface area contributed by atoms with Crippen molar-refractivity contribution in [2.75, 3.05) is 11.9 Å². The van der Waals surface area contributed by atoms with Crippen LogP contribution < -0.4 is 5.32 Å². The van der Waals surface area contributed by atoms with Crippen molar-refractivity contribution < 1.29 is 14.3 Å². The number of benzene rings is 1. The highest BCUT2D eigenvalue weighted by Gasteiger charge is 2.11. The number of imidazole rings is 1. The maximum Gasteiger partial charge on any atom is 0.338 e. The highest BCUT2D eigenvalue weighted by molar-refractivity contribution is 5.95. The van der Waals surface area contributed by atoms with Gasteiger partial charge in [-0.1, -0.05) is 13.0 Å². The minimum Gasteiger partial charge on any atom is -0.462 e. The molecule has 0 saturated heterocycles. The Labute approximate surface area is 151 Å². The zero-order valence-electron chi connectivity index (χ0n) is 14.9. The Kier molecular flexibility index (Phi) is 5.31. The molecule has 1 aromatic carbocycles. The van der Waals surface area contributed by atoms with E-state index >= 15 is 0 Å². The number of fused-ring (bicyclic) bond motifs is 1. The van der Waals surface area contributed by atoms with Crippen LogP contribution in [0, 0.1) is 6.92 Å². The average Bonchev–Trinajstić information content (AvgIpc) is 3.00. The molecule has 26 heavy (non-hydrogen) atoms. The number of pyridine rings is 1. The number of rotatable bonds is 6. The number of ether oxygens (including phenoxy) is 1. The summed E-state index contributed by atoms with van der Waals surface area (Å²) in [5.41, 5.74) is 3.59. The molecule has 134 valence electrons. The highest BCUT2D eigenvalue weighted by atomic mass is 16.5. The second-order valence-corrected chi connectivity index (χ2v) is 6.14. The first-order valence-corrected chi connectivity index (χ1v) is 8.56. The molecule has 2 heterocycles. The Balaban J connectivity index is 1.66. The lowest BCUT2D eigenvalue weighted by atomic mass is 10.2. The smallest absolute Gasteiger partial charge is 0.338 e. The number of anilines is 1. The number of hydrogen-bond acceptors (Lipinski definition) is 4. The van der Waals surface area contributed by atoms with Gasteiger partial charge in [0.1, 0.15) is 5.65 Å². The first-order chi connectivity index (χ1) is 12.5. The molecule has 1 N–H and O–H groups in total. The molecule has 0 atom stereocenters. The lowest BCUT2D eigenvalue weighted by Crippen LogP contribution is -2.15. The van der Waals surface area contributed by atoms with Crippen molar-refractivity contribution >= 4 is 23.2 Å². The zero-order chi connectivity index (χ0) is 18.5. The molecule has 0 fully saturated rings. The molecular weight excluding hydrogens is 330 g/mol. The van der Waals surface area contributed by atoms with Crippen molar-refractivity contribution in [3.8, 4) is 0 Å². The third kappa shape index (κ3) is 4.27. The zero-order valence-corrected chi connectivity index (χ0v) is 14.9. The van der Waals surface area contributed by atoms with Crippen LogP contribution in [0.5, 0.6) is 0 Å². The number of esters is 1. The number of nitrogens with one attached hydrogen (secondary N) is 1. The Hall–Kier alpha value is -3.15. The standard InChI is InChI=1S/C20H21N3O3/c1-3-9-26-20(25)15-5-4-6-16(11-15)22-19(24)12-17-13-23-8-7-14(2)10-18(23)21-17/h4-8,10-11,13H,3,9,12H2,1-2H3,(H,22,24). The van der Waals surface area contributed by atoms with Crippen LogP contribution in [0.3, 0.4) is 0 Å². The van der Waals surface area contributed by atoms with E-state index in [0.29, 0.717) is 23.6 Å². The van der Waals surface area contributed by atoms with Gasteiger partial charge in [-0.2, -0.15) is 0 Å². The summed E-state index contributed by atoms with van der Waals surface area (Å²) in [6.07, 6.45) is 4.68. The summed E-state index contributed by atoms with van der Waals surface area (Å²) in [7, 11) is 0. The average molecular weight is 351 g/mol. The van der Waals surface area contributed by atoms with Crippen LogP contribution in [0.15, 0.2) is 48.8 Å². The first-order valence-electron chi connectivity index (χ1n) is 8.56. The van der Waals surface area contributed by atoms with Crippen molar-refractivity contribution in [2.24, 2.45) is 0 Å². The van der Waals surface area contributed by atoms with Crippen LogP contribution in [-0.4, -0.2) is 27.9 Å². The maximum atomic E-state index is 12.3. The van der Waals surface area contributed by atoms with Gasteiger partial charge in [-0.05, 0) is 49.2 Å². The lowest BCUT2D eigenvalue weighted by Gasteiger charge is -2.07. The molecule has 3 rings (SSSR count). The summed E-state index contributed by atoms with van der Waals surface area (Å²) in [6, 6.07) is 10.7. The molecule has 0 aliphatic rings. The number of hydrogen-bond donors (Lipinski definition) is 1. The van der Waals surface area contributed by atoms with Crippen molar-refractivity contribution in [2.45, 2.75) is 26.7 Å². The molecule has 0 radical (unpaired) electrons. The van der Waals surface area contributed by atoms with E-state index in [1.807, 2.05) is 42.8 Å². The molecule has 0 saturated carbocycles. The van der Waals surface area contributed by atoms with Gasteiger partial charge in [0.2, 0.25) is 5.91 Å². The van der Waals surface area contributed by atoms with E-state index in [-0.39, 0.29) is 12.3 Å². The van der Waals surface area contributed by atoms with Gasteiger partial charge < -0.3 is 14.5 Å². The third-order valence-electron chi connectivity index (χ3n) is 3.83.